The number of aryl methyl sites for hydroxylation is 1. The molecule has 1 heterocycles. The van der Waals surface area contributed by atoms with Crippen LogP contribution in [0, 0.1) is 12.8 Å². The molecule has 0 aliphatic heterocycles. The highest BCUT2D eigenvalue weighted by molar-refractivity contribution is 5.65. The van der Waals surface area contributed by atoms with Crippen molar-refractivity contribution in [1.29, 1.82) is 0 Å². The Bertz CT molecular complexity index is 366. The van der Waals surface area contributed by atoms with Crippen LogP contribution in [0.4, 0.5) is 11.5 Å². The quantitative estimate of drug-likeness (QED) is 0.828. The van der Waals surface area contributed by atoms with Gasteiger partial charge in [0.1, 0.15) is 5.82 Å². The summed E-state index contributed by atoms with van der Waals surface area (Å²) < 4.78 is 1.98. The first-order valence-electron chi connectivity index (χ1n) is 6.49. The van der Waals surface area contributed by atoms with Gasteiger partial charge >= 0.3 is 0 Å². The Kier molecular flexibility index (Phi) is 4.43. The minimum Gasteiger partial charge on any atom is -0.394 e. The lowest BCUT2D eigenvalue weighted by Crippen LogP contribution is -2.27. The van der Waals surface area contributed by atoms with E-state index in [9.17, 15) is 0 Å². The molecule has 3 N–H and O–H groups in total. The SMILES string of the molecule is CCC(Nc1c(N)c(C)nn1C(C)C)C(C)C. The minimum atomic E-state index is 0.318. The zero-order chi connectivity index (χ0) is 13.2. The van der Waals surface area contributed by atoms with Crippen LogP contribution in [0.3, 0.4) is 0 Å². The molecule has 17 heavy (non-hydrogen) atoms. The molecule has 4 nitrogen and oxygen atoms in total. The molecule has 0 amide bonds. The summed E-state index contributed by atoms with van der Waals surface area (Å²) in [6.07, 6.45) is 1.08. The molecule has 1 aromatic rings. The first-order chi connectivity index (χ1) is 7.88. The van der Waals surface area contributed by atoms with Gasteiger partial charge in [-0.25, -0.2) is 4.68 Å². The molecule has 1 aromatic heterocycles. The van der Waals surface area contributed by atoms with E-state index in [1.54, 1.807) is 0 Å². The summed E-state index contributed by atoms with van der Waals surface area (Å²) in [4.78, 5) is 0. The second-order valence-corrected chi connectivity index (χ2v) is 5.29. The molecule has 0 aliphatic carbocycles. The number of nitrogens with two attached hydrogens (primary N) is 1. The van der Waals surface area contributed by atoms with Crippen LogP contribution in [0.15, 0.2) is 0 Å². The van der Waals surface area contributed by atoms with Gasteiger partial charge in [0.15, 0.2) is 0 Å². The van der Waals surface area contributed by atoms with Crippen molar-refractivity contribution in [2.24, 2.45) is 5.92 Å². The van der Waals surface area contributed by atoms with Crippen molar-refractivity contribution in [3.05, 3.63) is 5.69 Å². The van der Waals surface area contributed by atoms with Crippen LogP contribution in [-0.2, 0) is 0 Å². The average Bonchev–Trinajstić information content (AvgIpc) is 2.52. The summed E-state index contributed by atoms with van der Waals surface area (Å²) in [5, 5.41) is 8.03. The fraction of sp³-hybridized carbons (Fsp3) is 0.769. The third-order valence-electron chi connectivity index (χ3n) is 3.19. The monoisotopic (exact) mass is 238 g/mol. The predicted octanol–water partition coefficient (Wildman–Crippen LogP) is 3.20. The smallest absolute Gasteiger partial charge is 0.148 e. The van der Waals surface area contributed by atoms with E-state index >= 15 is 0 Å². The highest BCUT2D eigenvalue weighted by atomic mass is 15.4. The molecule has 0 bridgehead atoms. The Morgan fingerprint density at radius 2 is 1.88 bits per heavy atom. The number of nitrogen functional groups attached to an aromatic ring is 1. The highest BCUT2D eigenvalue weighted by Crippen LogP contribution is 2.27. The molecule has 1 unspecified atom stereocenters. The molecule has 0 aromatic carbocycles. The lowest BCUT2D eigenvalue weighted by Gasteiger charge is -2.23. The lowest BCUT2D eigenvalue weighted by atomic mass is 10.0. The third kappa shape index (κ3) is 2.93. The Labute approximate surface area is 105 Å². The number of hydrogen-bond acceptors (Lipinski definition) is 3. The van der Waals surface area contributed by atoms with Crippen LogP contribution >= 0.6 is 0 Å². The maximum Gasteiger partial charge on any atom is 0.148 e. The lowest BCUT2D eigenvalue weighted by molar-refractivity contribution is 0.489. The van der Waals surface area contributed by atoms with Gasteiger partial charge in [0.25, 0.3) is 0 Å². The van der Waals surface area contributed by atoms with Gasteiger partial charge < -0.3 is 11.1 Å². The van der Waals surface area contributed by atoms with Gasteiger partial charge in [0, 0.05) is 12.1 Å². The average molecular weight is 238 g/mol. The highest BCUT2D eigenvalue weighted by Gasteiger charge is 2.19. The summed E-state index contributed by atoms with van der Waals surface area (Å²) in [5.41, 5.74) is 7.78. The van der Waals surface area contributed by atoms with Crippen molar-refractivity contribution in [3.63, 3.8) is 0 Å². The molecule has 1 atom stereocenters. The van der Waals surface area contributed by atoms with Gasteiger partial charge in [-0.05, 0) is 33.1 Å². The molecule has 0 saturated carbocycles. The van der Waals surface area contributed by atoms with Crippen molar-refractivity contribution < 1.29 is 0 Å². The number of anilines is 2. The maximum absolute atomic E-state index is 6.10. The molecular weight excluding hydrogens is 212 g/mol. The van der Waals surface area contributed by atoms with Crippen LogP contribution in [-0.4, -0.2) is 15.8 Å². The number of nitrogens with zero attached hydrogens (tertiary/aromatic N) is 2. The number of aromatic nitrogens is 2. The summed E-state index contributed by atoms with van der Waals surface area (Å²) in [5.74, 6) is 1.55. The second kappa shape index (κ2) is 5.43. The van der Waals surface area contributed by atoms with Crippen molar-refractivity contribution in [1.82, 2.24) is 9.78 Å². The van der Waals surface area contributed by atoms with E-state index in [2.05, 4.69) is 45.0 Å². The Balaban J connectivity index is 3.03. The van der Waals surface area contributed by atoms with Gasteiger partial charge in [-0.2, -0.15) is 5.10 Å². The van der Waals surface area contributed by atoms with Crippen molar-refractivity contribution >= 4 is 11.5 Å². The van der Waals surface area contributed by atoms with E-state index < -0.39 is 0 Å². The first kappa shape index (κ1) is 13.9. The zero-order valence-electron chi connectivity index (χ0n) is 11.9. The van der Waals surface area contributed by atoms with Crippen LogP contribution < -0.4 is 11.1 Å². The van der Waals surface area contributed by atoms with E-state index in [0.717, 1.165) is 23.6 Å². The molecular formula is C13H26N4. The number of hydrogen-bond donors (Lipinski definition) is 2. The minimum absolute atomic E-state index is 0.318. The Morgan fingerprint density at radius 1 is 1.29 bits per heavy atom. The van der Waals surface area contributed by atoms with Crippen LogP contribution in [0.25, 0.3) is 0 Å². The van der Waals surface area contributed by atoms with Crippen LogP contribution in [0.2, 0.25) is 0 Å². The summed E-state index contributed by atoms with van der Waals surface area (Å²) in [6, 6.07) is 0.754. The topological polar surface area (TPSA) is 55.9 Å². The molecule has 0 spiro atoms. The van der Waals surface area contributed by atoms with E-state index in [1.807, 2.05) is 11.6 Å². The molecule has 4 heteroatoms. The van der Waals surface area contributed by atoms with E-state index in [4.69, 9.17) is 5.73 Å². The van der Waals surface area contributed by atoms with Gasteiger partial charge in [-0.3, -0.25) is 0 Å². The summed E-state index contributed by atoms with van der Waals surface area (Å²) >= 11 is 0. The molecule has 0 radical (unpaired) electrons. The normalized spacial score (nSPS) is 13.4. The van der Waals surface area contributed by atoms with Gasteiger partial charge in [0.2, 0.25) is 0 Å². The van der Waals surface area contributed by atoms with Crippen LogP contribution in [0.5, 0.6) is 0 Å². The standard InChI is InChI=1S/C13H26N4/c1-7-11(8(2)3)15-13-12(14)10(6)16-17(13)9(4)5/h8-9,11,15H,7,14H2,1-6H3. The number of rotatable bonds is 5. The van der Waals surface area contributed by atoms with Gasteiger partial charge in [0.05, 0.1) is 11.4 Å². The fourth-order valence-corrected chi connectivity index (χ4v) is 1.99. The zero-order valence-corrected chi connectivity index (χ0v) is 11.9. The first-order valence-corrected chi connectivity index (χ1v) is 6.49. The van der Waals surface area contributed by atoms with Crippen molar-refractivity contribution in [3.8, 4) is 0 Å². The second-order valence-electron chi connectivity index (χ2n) is 5.29. The van der Waals surface area contributed by atoms with Gasteiger partial charge in [-0.15, -0.1) is 0 Å². The third-order valence-corrected chi connectivity index (χ3v) is 3.19. The molecule has 0 aliphatic rings. The molecule has 1 rings (SSSR count). The van der Waals surface area contributed by atoms with Crippen molar-refractivity contribution in [2.45, 2.75) is 60.0 Å². The summed E-state index contributed by atoms with van der Waals surface area (Å²) in [6.45, 7) is 12.8. The molecule has 0 fully saturated rings. The fourth-order valence-electron chi connectivity index (χ4n) is 1.99. The van der Waals surface area contributed by atoms with Gasteiger partial charge in [-0.1, -0.05) is 20.8 Å². The Hall–Kier alpha value is -1.19. The van der Waals surface area contributed by atoms with Crippen LogP contribution in [0.1, 0.15) is 52.8 Å². The van der Waals surface area contributed by atoms with E-state index in [1.165, 1.54) is 0 Å². The molecule has 0 saturated heterocycles. The maximum atomic E-state index is 6.10. The van der Waals surface area contributed by atoms with Crippen molar-refractivity contribution in [2.75, 3.05) is 11.1 Å². The number of nitrogens with one attached hydrogen (secondary N) is 1. The largest absolute Gasteiger partial charge is 0.394 e. The Morgan fingerprint density at radius 3 is 2.29 bits per heavy atom. The van der Waals surface area contributed by atoms with E-state index in [-0.39, 0.29) is 0 Å². The summed E-state index contributed by atoms with van der Waals surface area (Å²) in [7, 11) is 0. The van der Waals surface area contributed by atoms with E-state index in [0.29, 0.717) is 18.0 Å². The predicted molar refractivity (Wildman–Crippen MR) is 74.3 cm³/mol. The molecule has 98 valence electrons.